The van der Waals surface area contributed by atoms with Crippen molar-refractivity contribution in [2.45, 2.75) is 57.1 Å². The lowest BCUT2D eigenvalue weighted by atomic mass is 9.94. The highest BCUT2D eigenvalue weighted by Gasteiger charge is 2.42. The predicted octanol–water partition coefficient (Wildman–Crippen LogP) is 2.08. The first-order valence-electron chi connectivity index (χ1n) is 6.92. The predicted molar refractivity (Wildman–Crippen MR) is 66.0 cm³/mol. The Morgan fingerprint density at radius 1 is 1.33 bits per heavy atom. The minimum absolute atomic E-state index is 0.111. The SMILES string of the molecule is CCC1(c2nc(C3(C)CCCO3)no2)CCCN1. The number of rotatable bonds is 3. The topological polar surface area (TPSA) is 60.2 Å². The van der Waals surface area contributed by atoms with Gasteiger partial charge in [0.05, 0.1) is 5.54 Å². The molecule has 100 valence electrons. The molecule has 2 fully saturated rings. The lowest BCUT2D eigenvalue weighted by Crippen LogP contribution is -2.36. The van der Waals surface area contributed by atoms with Crippen molar-refractivity contribution in [1.29, 1.82) is 0 Å². The zero-order valence-electron chi connectivity index (χ0n) is 11.2. The molecule has 2 aliphatic heterocycles. The van der Waals surface area contributed by atoms with Crippen LogP contribution in [0.3, 0.4) is 0 Å². The first-order valence-corrected chi connectivity index (χ1v) is 6.92. The van der Waals surface area contributed by atoms with Crippen molar-refractivity contribution in [3.8, 4) is 0 Å². The summed E-state index contributed by atoms with van der Waals surface area (Å²) >= 11 is 0. The average Bonchev–Trinajstić information content (AvgIpc) is 3.09. The van der Waals surface area contributed by atoms with Crippen LogP contribution in [-0.2, 0) is 15.9 Å². The Balaban J connectivity index is 1.89. The molecule has 3 rings (SSSR count). The molecule has 18 heavy (non-hydrogen) atoms. The van der Waals surface area contributed by atoms with Gasteiger partial charge in [-0.1, -0.05) is 12.1 Å². The smallest absolute Gasteiger partial charge is 0.247 e. The summed E-state index contributed by atoms with van der Waals surface area (Å²) in [5.41, 5.74) is -0.463. The van der Waals surface area contributed by atoms with Gasteiger partial charge in [0, 0.05) is 6.61 Å². The molecule has 1 N–H and O–H groups in total. The zero-order valence-corrected chi connectivity index (χ0v) is 11.2. The van der Waals surface area contributed by atoms with Gasteiger partial charge in [0.1, 0.15) is 5.60 Å². The van der Waals surface area contributed by atoms with Gasteiger partial charge < -0.3 is 14.6 Å². The van der Waals surface area contributed by atoms with E-state index >= 15 is 0 Å². The van der Waals surface area contributed by atoms with Gasteiger partial charge in [0.25, 0.3) is 0 Å². The summed E-state index contributed by atoms with van der Waals surface area (Å²) in [5, 5.41) is 7.67. The summed E-state index contributed by atoms with van der Waals surface area (Å²) in [7, 11) is 0. The molecule has 0 spiro atoms. The number of ether oxygens (including phenoxy) is 1. The Hall–Kier alpha value is -0.940. The molecule has 3 heterocycles. The fraction of sp³-hybridized carbons (Fsp3) is 0.846. The molecule has 2 saturated heterocycles. The largest absolute Gasteiger partial charge is 0.367 e. The molecule has 2 aliphatic rings. The molecule has 2 unspecified atom stereocenters. The summed E-state index contributed by atoms with van der Waals surface area (Å²) in [4.78, 5) is 4.62. The number of hydrogen-bond donors (Lipinski definition) is 1. The van der Waals surface area contributed by atoms with E-state index in [1.807, 2.05) is 0 Å². The number of nitrogens with one attached hydrogen (secondary N) is 1. The van der Waals surface area contributed by atoms with E-state index in [1.165, 1.54) is 6.42 Å². The van der Waals surface area contributed by atoms with Crippen LogP contribution in [0, 0.1) is 0 Å². The molecule has 0 radical (unpaired) electrons. The Morgan fingerprint density at radius 2 is 2.22 bits per heavy atom. The van der Waals surface area contributed by atoms with E-state index in [4.69, 9.17) is 9.26 Å². The number of aromatic nitrogens is 2. The summed E-state index contributed by atoms with van der Waals surface area (Å²) in [6, 6.07) is 0. The van der Waals surface area contributed by atoms with Crippen molar-refractivity contribution < 1.29 is 9.26 Å². The second-order valence-electron chi connectivity index (χ2n) is 5.57. The standard InChI is InChI=1S/C13H21N3O2/c1-3-13(7-4-8-14-13)11-15-10(16-18-11)12(2)6-5-9-17-12/h14H,3-9H2,1-2H3. The van der Waals surface area contributed by atoms with Crippen LogP contribution in [0.4, 0.5) is 0 Å². The molecule has 0 aromatic carbocycles. The van der Waals surface area contributed by atoms with E-state index < -0.39 is 0 Å². The van der Waals surface area contributed by atoms with Gasteiger partial charge in [-0.15, -0.1) is 0 Å². The van der Waals surface area contributed by atoms with Crippen LogP contribution in [0.25, 0.3) is 0 Å². The minimum atomic E-state index is -0.352. The molecule has 2 atom stereocenters. The summed E-state index contributed by atoms with van der Waals surface area (Å²) in [5.74, 6) is 1.44. The van der Waals surface area contributed by atoms with Gasteiger partial charge in [-0.05, 0) is 45.6 Å². The molecule has 1 aromatic rings. The normalized spacial score (nSPS) is 36.3. The van der Waals surface area contributed by atoms with Gasteiger partial charge in [-0.2, -0.15) is 4.98 Å². The maximum Gasteiger partial charge on any atom is 0.247 e. The van der Waals surface area contributed by atoms with Gasteiger partial charge in [0.15, 0.2) is 0 Å². The quantitative estimate of drug-likeness (QED) is 0.891. The van der Waals surface area contributed by atoms with Crippen LogP contribution in [-0.4, -0.2) is 23.3 Å². The van der Waals surface area contributed by atoms with Gasteiger partial charge in [-0.3, -0.25) is 0 Å². The third-order valence-corrected chi connectivity index (χ3v) is 4.37. The van der Waals surface area contributed by atoms with E-state index in [-0.39, 0.29) is 11.1 Å². The van der Waals surface area contributed by atoms with Crippen LogP contribution >= 0.6 is 0 Å². The highest BCUT2D eigenvalue weighted by atomic mass is 16.5. The Labute approximate surface area is 107 Å². The van der Waals surface area contributed by atoms with Crippen molar-refractivity contribution in [1.82, 2.24) is 15.5 Å². The van der Waals surface area contributed by atoms with E-state index in [0.29, 0.717) is 5.82 Å². The molecule has 0 aliphatic carbocycles. The maximum absolute atomic E-state index is 5.76. The van der Waals surface area contributed by atoms with Crippen molar-refractivity contribution >= 4 is 0 Å². The minimum Gasteiger partial charge on any atom is -0.367 e. The average molecular weight is 251 g/mol. The summed E-state index contributed by atoms with van der Waals surface area (Å²) < 4.78 is 11.3. The molecule has 5 heteroatoms. The lowest BCUT2D eigenvalue weighted by molar-refractivity contribution is 0.00768. The molecule has 0 bridgehead atoms. The molecular weight excluding hydrogens is 230 g/mol. The third-order valence-electron chi connectivity index (χ3n) is 4.37. The van der Waals surface area contributed by atoms with Crippen LogP contribution in [0.5, 0.6) is 0 Å². The van der Waals surface area contributed by atoms with Crippen molar-refractivity contribution in [2.24, 2.45) is 0 Å². The number of nitrogens with zero attached hydrogens (tertiary/aromatic N) is 2. The highest BCUT2D eigenvalue weighted by Crippen LogP contribution is 2.37. The van der Waals surface area contributed by atoms with Crippen molar-refractivity contribution in [3.63, 3.8) is 0 Å². The van der Waals surface area contributed by atoms with Gasteiger partial charge >= 0.3 is 0 Å². The molecule has 0 saturated carbocycles. The molecule has 0 amide bonds. The summed E-state index contributed by atoms with van der Waals surface area (Å²) in [6.45, 7) is 6.03. The second kappa shape index (κ2) is 4.31. The fourth-order valence-corrected chi connectivity index (χ4v) is 3.03. The Bertz CT molecular complexity index is 418. The van der Waals surface area contributed by atoms with E-state index in [9.17, 15) is 0 Å². The monoisotopic (exact) mass is 251 g/mol. The summed E-state index contributed by atoms with van der Waals surface area (Å²) in [6.07, 6.45) is 5.25. The van der Waals surface area contributed by atoms with E-state index in [0.717, 1.165) is 44.7 Å². The first-order chi connectivity index (χ1) is 8.69. The molecule has 5 nitrogen and oxygen atoms in total. The molecular formula is C13H21N3O2. The Kier molecular flexibility index (Phi) is 2.90. The Morgan fingerprint density at radius 3 is 2.83 bits per heavy atom. The van der Waals surface area contributed by atoms with Gasteiger partial charge in [0.2, 0.25) is 11.7 Å². The third kappa shape index (κ3) is 1.77. The van der Waals surface area contributed by atoms with E-state index in [2.05, 4.69) is 29.3 Å². The van der Waals surface area contributed by atoms with Crippen molar-refractivity contribution in [2.75, 3.05) is 13.2 Å². The zero-order chi connectivity index (χ0) is 12.6. The maximum atomic E-state index is 5.76. The van der Waals surface area contributed by atoms with Crippen LogP contribution in [0.2, 0.25) is 0 Å². The first kappa shape index (κ1) is 12.1. The molecule has 1 aromatic heterocycles. The second-order valence-corrected chi connectivity index (χ2v) is 5.57. The number of hydrogen-bond acceptors (Lipinski definition) is 5. The van der Waals surface area contributed by atoms with Gasteiger partial charge in [-0.25, -0.2) is 0 Å². The van der Waals surface area contributed by atoms with Crippen LogP contribution in [0.1, 0.15) is 57.7 Å². The van der Waals surface area contributed by atoms with E-state index in [1.54, 1.807) is 0 Å². The highest BCUT2D eigenvalue weighted by molar-refractivity contribution is 5.09. The van der Waals surface area contributed by atoms with Crippen LogP contribution < -0.4 is 5.32 Å². The van der Waals surface area contributed by atoms with Crippen molar-refractivity contribution in [3.05, 3.63) is 11.7 Å². The van der Waals surface area contributed by atoms with Crippen LogP contribution in [0.15, 0.2) is 4.52 Å². The lowest BCUT2D eigenvalue weighted by Gasteiger charge is -2.23. The fourth-order valence-electron chi connectivity index (χ4n) is 3.03.